The smallest absolute Gasteiger partial charge is 0.407 e. The molecule has 3 aliphatic heterocycles. The van der Waals surface area contributed by atoms with Gasteiger partial charge in [0.2, 0.25) is 11.8 Å². The Morgan fingerprint density at radius 2 is 1.49 bits per heavy atom. The van der Waals surface area contributed by atoms with Gasteiger partial charge in [-0.3, -0.25) is 9.59 Å². The summed E-state index contributed by atoms with van der Waals surface area (Å²) in [6, 6.07) is 13.8. The van der Waals surface area contributed by atoms with E-state index in [4.69, 9.17) is 29.2 Å². The number of alkyl carbamates (subject to hydrolysis) is 2. The van der Waals surface area contributed by atoms with Gasteiger partial charge in [-0.05, 0) is 98.7 Å². The zero-order chi connectivity index (χ0) is 42.6. The number of nitrogens with one attached hydrogen (secondary N) is 4. The number of hydrogen-bond donors (Lipinski definition) is 4. The molecule has 0 spiro atoms. The molecule has 16 nitrogen and oxygen atoms in total. The molecule has 3 aliphatic rings. The van der Waals surface area contributed by atoms with Crippen LogP contribution in [0.4, 0.5) is 9.59 Å². The highest BCUT2D eigenvalue weighted by atomic mass is 16.5. The largest absolute Gasteiger partial charge is 0.453 e. The van der Waals surface area contributed by atoms with Gasteiger partial charge < -0.3 is 44.6 Å². The number of fused-ring (bicyclic) bond motifs is 2. The lowest BCUT2D eigenvalue weighted by molar-refractivity contribution is -0.137. The first-order chi connectivity index (χ1) is 29.6. The normalized spacial score (nSPS) is 19.1. The summed E-state index contributed by atoms with van der Waals surface area (Å²) >= 11 is 0. The maximum absolute atomic E-state index is 14.0. The Bertz CT molecular complexity index is 2500. The third-order valence-electron chi connectivity index (χ3n) is 12.0. The van der Waals surface area contributed by atoms with E-state index in [-0.39, 0.29) is 35.7 Å². The SMILES string of the molecule is COC(=O)N[C@H](C(=O)N1CCCC1c1nc2ccc(C#Cc3ccc4cc(-c5cnc(C6CCCN6C(=O)[C@H](NC(=O)OC)C6CCOCC6)[nH]5)ccc4n3)cc2[nH]1)C(C)C. The summed E-state index contributed by atoms with van der Waals surface area (Å²) in [5.41, 5.74) is 5.57. The van der Waals surface area contributed by atoms with Crippen LogP contribution in [0.2, 0.25) is 0 Å². The number of aromatic amines is 2. The molecule has 0 bridgehead atoms. The van der Waals surface area contributed by atoms with Gasteiger partial charge in [0, 0.05) is 42.8 Å². The van der Waals surface area contributed by atoms with Crippen LogP contribution in [-0.4, -0.2) is 111 Å². The predicted molar refractivity (Wildman–Crippen MR) is 226 cm³/mol. The molecule has 3 aromatic heterocycles. The topological polar surface area (TPSA) is 197 Å². The van der Waals surface area contributed by atoms with Crippen LogP contribution in [0.15, 0.2) is 54.7 Å². The lowest BCUT2D eigenvalue weighted by atomic mass is 9.90. The number of hydrogen-bond acceptors (Lipinski definition) is 10. The number of H-pyrrole nitrogens is 2. The molecule has 2 aromatic carbocycles. The summed E-state index contributed by atoms with van der Waals surface area (Å²) in [7, 11) is 2.59. The van der Waals surface area contributed by atoms with Crippen molar-refractivity contribution in [3.05, 3.63) is 77.6 Å². The van der Waals surface area contributed by atoms with E-state index < -0.39 is 24.3 Å². The van der Waals surface area contributed by atoms with E-state index in [2.05, 4.69) is 38.5 Å². The Kier molecular flexibility index (Phi) is 12.2. The molecule has 3 fully saturated rings. The minimum Gasteiger partial charge on any atom is -0.453 e. The maximum atomic E-state index is 14.0. The molecule has 6 heterocycles. The highest BCUT2D eigenvalue weighted by Gasteiger charge is 2.40. The van der Waals surface area contributed by atoms with Crippen LogP contribution >= 0.6 is 0 Å². The molecular weight excluding hydrogens is 779 g/mol. The molecule has 4 N–H and O–H groups in total. The van der Waals surface area contributed by atoms with E-state index in [1.165, 1.54) is 14.2 Å². The Balaban J connectivity index is 0.946. The molecule has 61 heavy (non-hydrogen) atoms. The lowest BCUT2D eigenvalue weighted by Gasteiger charge is -2.34. The minimum atomic E-state index is -0.704. The van der Waals surface area contributed by atoms with E-state index in [0.29, 0.717) is 56.5 Å². The van der Waals surface area contributed by atoms with Gasteiger partial charge in [0.05, 0.1) is 54.7 Å². The fraction of sp³-hybridized carbons (Fsp3) is 0.444. The minimum absolute atomic E-state index is 0.0371. The van der Waals surface area contributed by atoms with Gasteiger partial charge in [0.25, 0.3) is 0 Å². The summed E-state index contributed by atoms with van der Waals surface area (Å²) in [6.45, 7) is 6.05. The summed E-state index contributed by atoms with van der Waals surface area (Å²) in [4.78, 5) is 76.7. The molecule has 16 heteroatoms. The average Bonchev–Trinajstić information content (AvgIpc) is 4.12. The van der Waals surface area contributed by atoms with Gasteiger partial charge in [-0.2, -0.15) is 0 Å². The van der Waals surface area contributed by atoms with Crippen molar-refractivity contribution in [2.75, 3.05) is 40.5 Å². The molecule has 0 saturated carbocycles. The summed E-state index contributed by atoms with van der Waals surface area (Å²) in [6.07, 6.45) is 5.10. The number of carbonyl (C=O) groups excluding carboxylic acids is 4. The summed E-state index contributed by atoms with van der Waals surface area (Å²) < 4.78 is 15.1. The molecule has 3 saturated heterocycles. The van der Waals surface area contributed by atoms with E-state index in [0.717, 1.165) is 64.4 Å². The van der Waals surface area contributed by atoms with Crippen molar-refractivity contribution in [2.45, 2.75) is 76.5 Å². The highest BCUT2D eigenvalue weighted by Crippen LogP contribution is 2.35. The number of rotatable bonds is 9. The average molecular weight is 830 g/mol. The number of nitrogens with zero attached hydrogens (tertiary/aromatic N) is 5. The van der Waals surface area contributed by atoms with E-state index in [1.54, 1.807) is 11.1 Å². The Hall–Kier alpha value is -6.47. The van der Waals surface area contributed by atoms with Gasteiger partial charge in [-0.1, -0.05) is 25.8 Å². The molecule has 5 aromatic rings. The first-order valence-corrected chi connectivity index (χ1v) is 21.0. The van der Waals surface area contributed by atoms with Gasteiger partial charge in [-0.15, -0.1) is 0 Å². The number of pyridine rings is 1. The Labute approximate surface area is 353 Å². The van der Waals surface area contributed by atoms with Crippen molar-refractivity contribution in [3.8, 4) is 23.1 Å². The summed E-state index contributed by atoms with van der Waals surface area (Å²) in [5.74, 6) is 7.42. The molecule has 2 unspecified atom stereocenters. The second-order valence-electron chi connectivity index (χ2n) is 16.2. The molecule has 0 radical (unpaired) electrons. The van der Waals surface area contributed by atoms with E-state index in [9.17, 15) is 19.2 Å². The number of ether oxygens (including phenoxy) is 3. The van der Waals surface area contributed by atoms with Crippen molar-refractivity contribution in [1.82, 2.24) is 45.4 Å². The first kappa shape index (κ1) is 41.3. The number of benzene rings is 2. The molecular formula is C45H51N9O7. The van der Waals surface area contributed by atoms with Gasteiger partial charge in [0.1, 0.15) is 29.4 Å². The molecule has 8 rings (SSSR count). The van der Waals surface area contributed by atoms with Gasteiger partial charge >= 0.3 is 12.2 Å². The molecule has 0 aliphatic carbocycles. The fourth-order valence-electron chi connectivity index (χ4n) is 8.72. The van der Waals surface area contributed by atoms with Crippen molar-refractivity contribution in [2.24, 2.45) is 11.8 Å². The second kappa shape index (κ2) is 18.0. The maximum Gasteiger partial charge on any atom is 0.407 e. The zero-order valence-electron chi connectivity index (χ0n) is 34.8. The van der Waals surface area contributed by atoms with Crippen molar-refractivity contribution in [1.29, 1.82) is 0 Å². The van der Waals surface area contributed by atoms with Crippen LogP contribution in [0.3, 0.4) is 0 Å². The highest BCUT2D eigenvalue weighted by molar-refractivity contribution is 5.88. The van der Waals surface area contributed by atoms with Crippen molar-refractivity contribution >= 4 is 45.9 Å². The number of methoxy groups -OCH3 is 2. The third-order valence-corrected chi connectivity index (χ3v) is 12.0. The van der Waals surface area contributed by atoms with Crippen LogP contribution < -0.4 is 10.6 Å². The molecule has 4 atom stereocenters. The number of amides is 4. The second-order valence-corrected chi connectivity index (χ2v) is 16.2. The third kappa shape index (κ3) is 8.88. The molecule has 4 amide bonds. The number of carbonyl (C=O) groups is 4. The van der Waals surface area contributed by atoms with Crippen LogP contribution in [0, 0.1) is 23.7 Å². The van der Waals surface area contributed by atoms with E-state index >= 15 is 0 Å². The van der Waals surface area contributed by atoms with Crippen LogP contribution in [0.5, 0.6) is 0 Å². The monoisotopic (exact) mass is 829 g/mol. The standard InChI is InChI=1S/C45H51N9O7/c1-26(2)38(51-44(57)59-3)42(55)54-20-6-8-37(54)41-48-33-15-10-27(23-34(33)49-41)9-13-31-14-11-29-24-30(12-16-32(29)47-31)35-25-46-40(50-35)36-7-5-19-53(36)43(56)39(52-45(58)60-4)28-17-21-61-22-18-28/h10-12,14-16,23-26,28,36-39H,5-8,17-22H2,1-4H3,(H,46,50)(H,48,49)(H,51,57)(H,52,58)/t36?,37?,38-,39+/m0/s1. The van der Waals surface area contributed by atoms with E-state index in [1.807, 2.05) is 61.2 Å². The van der Waals surface area contributed by atoms with Crippen LogP contribution in [-0.2, 0) is 23.8 Å². The fourth-order valence-corrected chi connectivity index (χ4v) is 8.72. The molecule has 318 valence electrons. The number of imidazole rings is 2. The zero-order valence-corrected chi connectivity index (χ0v) is 34.8. The lowest BCUT2D eigenvalue weighted by Crippen LogP contribution is -2.53. The van der Waals surface area contributed by atoms with Gasteiger partial charge in [0.15, 0.2) is 0 Å². The summed E-state index contributed by atoms with van der Waals surface area (Å²) in [5, 5.41) is 6.44. The number of aromatic nitrogens is 5. The quantitative estimate of drug-likeness (QED) is 0.133. The van der Waals surface area contributed by atoms with Gasteiger partial charge in [-0.25, -0.2) is 24.5 Å². The Morgan fingerprint density at radius 1 is 0.787 bits per heavy atom. The van der Waals surface area contributed by atoms with Crippen molar-refractivity contribution in [3.63, 3.8) is 0 Å². The predicted octanol–water partition coefficient (Wildman–Crippen LogP) is 5.76. The van der Waals surface area contributed by atoms with Crippen LogP contribution in [0.25, 0.3) is 33.2 Å². The first-order valence-electron chi connectivity index (χ1n) is 21.0. The van der Waals surface area contributed by atoms with Crippen LogP contribution in [0.1, 0.15) is 87.4 Å². The number of likely N-dealkylation sites (tertiary alicyclic amines) is 2. The van der Waals surface area contributed by atoms with Crippen molar-refractivity contribution < 1.29 is 33.4 Å². The Morgan fingerprint density at radius 3 is 2.23 bits per heavy atom.